The number of carboxylic acids is 3. The van der Waals surface area contributed by atoms with Gasteiger partial charge in [0, 0.05) is 20.0 Å². The Kier molecular flexibility index (Phi) is 23.5. The molecule has 0 aliphatic carbocycles. The van der Waals surface area contributed by atoms with Crippen LogP contribution in [0.2, 0.25) is 0 Å². The molecule has 54 heavy (non-hydrogen) atoms. The van der Waals surface area contributed by atoms with E-state index in [1.54, 1.807) is 0 Å². The summed E-state index contributed by atoms with van der Waals surface area (Å²) in [5.74, 6) is -9.06. The Morgan fingerprint density at radius 1 is 0.796 bits per heavy atom. The lowest BCUT2D eigenvalue weighted by Crippen LogP contribution is -2.59. The Morgan fingerprint density at radius 2 is 1.41 bits per heavy atom. The largest absolute Gasteiger partial charge is 0.481 e. The molecule has 0 spiro atoms. The van der Waals surface area contributed by atoms with Crippen molar-refractivity contribution >= 4 is 59.3 Å². The van der Waals surface area contributed by atoms with Crippen molar-refractivity contribution in [3.63, 3.8) is 0 Å². The second kappa shape index (κ2) is 26.2. The molecule has 1 saturated heterocycles. The summed E-state index contributed by atoms with van der Waals surface area (Å²) in [6.45, 7) is -0.524. The zero-order chi connectivity index (χ0) is 41.4. The van der Waals surface area contributed by atoms with Crippen molar-refractivity contribution in [1.82, 2.24) is 31.5 Å². The Morgan fingerprint density at radius 3 is 1.94 bits per heavy atom. The van der Waals surface area contributed by atoms with Gasteiger partial charge < -0.3 is 74.8 Å². The summed E-state index contributed by atoms with van der Waals surface area (Å²) in [6, 6.07) is -6.89. The van der Waals surface area contributed by atoms with Crippen LogP contribution in [0.25, 0.3) is 0 Å². The van der Waals surface area contributed by atoms with Crippen LogP contribution in [0.15, 0.2) is 4.99 Å². The molecule has 1 aliphatic rings. The number of likely N-dealkylation sites (tertiary alicyclic amines) is 1. The third-order valence-electron chi connectivity index (χ3n) is 7.43. The number of nitrogens with one attached hydrogen (secondary N) is 5. The molecule has 0 aromatic carbocycles. The minimum atomic E-state index is -1.77. The molecule has 0 aromatic rings. The molecule has 1 rings (SSSR count). The standard InChI is InChI=1S/C28H49N11O11.C2H4O2/c29-8-2-1-5-16(27(49)50)37-25(47)19-7-4-10-39(19)26(48)18(14-40)38-24(46)17(11-22(43)44)36-21(42)13-34-23(45)15(35-20(41)12-30)6-3-9-33-28(31)32;1-2(3)4/h15-19,40H,1-14,29-30H2,(H,34,45)(H,35,41)(H,36,42)(H,37,47)(H,38,46)(H,43,44)(H,49,50)(H4,31,32,33);1H3,(H,3,4)/t15-,16-,17-,18-,19-;/m0./s1. The van der Waals surface area contributed by atoms with Crippen LogP contribution in [0.1, 0.15) is 58.3 Å². The summed E-state index contributed by atoms with van der Waals surface area (Å²) in [4.78, 5) is 113. The molecule has 17 N–H and O–H groups in total. The third kappa shape index (κ3) is 19.8. The summed E-state index contributed by atoms with van der Waals surface area (Å²) in [7, 11) is 0. The zero-order valence-corrected chi connectivity index (χ0v) is 30.0. The minimum absolute atomic E-state index is 0.0458. The molecule has 0 aromatic heterocycles. The van der Waals surface area contributed by atoms with Gasteiger partial charge >= 0.3 is 11.9 Å². The van der Waals surface area contributed by atoms with Gasteiger partial charge in [-0.05, 0) is 51.5 Å². The van der Waals surface area contributed by atoms with E-state index < -0.39 is 110 Å². The van der Waals surface area contributed by atoms with Crippen LogP contribution in [0.4, 0.5) is 0 Å². The van der Waals surface area contributed by atoms with E-state index in [9.17, 15) is 53.7 Å². The van der Waals surface area contributed by atoms with E-state index in [0.29, 0.717) is 25.8 Å². The van der Waals surface area contributed by atoms with Gasteiger partial charge in [0.15, 0.2) is 5.96 Å². The molecular formula is C30H53N11O13. The first-order valence-electron chi connectivity index (χ1n) is 16.9. The average Bonchev–Trinajstić information content (AvgIpc) is 3.59. The lowest BCUT2D eigenvalue weighted by molar-refractivity contribution is -0.145. The number of aliphatic imine (C=N–C) groups is 1. The molecule has 6 amide bonds. The van der Waals surface area contributed by atoms with Gasteiger partial charge in [0.2, 0.25) is 35.4 Å². The van der Waals surface area contributed by atoms with Crippen LogP contribution >= 0.6 is 0 Å². The molecule has 1 heterocycles. The topological polar surface area (TPSA) is 414 Å². The average molecular weight is 776 g/mol. The number of carboxylic acid groups (broad SMARTS) is 3. The lowest BCUT2D eigenvalue weighted by Gasteiger charge is -2.29. The second-order valence-electron chi connectivity index (χ2n) is 11.8. The number of aliphatic carboxylic acids is 3. The Hall–Kier alpha value is -5.62. The second-order valence-corrected chi connectivity index (χ2v) is 11.8. The van der Waals surface area contributed by atoms with Crippen molar-refractivity contribution in [2.45, 2.75) is 88.5 Å². The molecule has 0 bridgehead atoms. The number of guanidine groups is 1. The first kappa shape index (κ1) is 48.4. The number of unbranched alkanes of at least 4 members (excludes halogenated alkanes) is 1. The van der Waals surface area contributed by atoms with E-state index in [1.165, 1.54) is 0 Å². The molecule has 306 valence electrons. The maximum absolute atomic E-state index is 13.3. The minimum Gasteiger partial charge on any atom is -0.481 e. The molecule has 24 nitrogen and oxygen atoms in total. The van der Waals surface area contributed by atoms with Crippen LogP contribution in [0, 0.1) is 0 Å². The van der Waals surface area contributed by atoms with Crippen LogP contribution in [-0.4, -0.2) is 154 Å². The number of nitrogens with zero attached hydrogens (tertiary/aromatic N) is 2. The summed E-state index contributed by atoms with van der Waals surface area (Å²) < 4.78 is 0. The van der Waals surface area contributed by atoms with Gasteiger partial charge in [-0.1, -0.05) is 0 Å². The number of carbonyl (C=O) groups is 9. The van der Waals surface area contributed by atoms with E-state index in [0.717, 1.165) is 11.8 Å². The number of rotatable bonds is 23. The highest BCUT2D eigenvalue weighted by Gasteiger charge is 2.39. The van der Waals surface area contributed by atoms with Gasteiger partial charge in [-0.2, -0.15) is 0 Å². The normalized spacial score (nSPS) is 15.4. The van der Waals surface area contributed by atoms with Crippen molar-refractivity contribution in [1.29, 1.82) is 0 Å². The molecule has 0 radical (unpaired) electrons. The number of aliphatic hydroxyl groups excluding tert-OH is 1. The van der Waals surface area contributed by atoms with E-state index in [4.69, 9.17) is 32.8 Å². The number of nitrogens with two attached hydrogens (primary N) is 4. The van der Waals surface area contributed by atoms with E-state index in [2.05, 4.69) is 31.6 Å². The van der Waals surface area contributed by atoms with Crippen molar-refractivity contribution in [2.24, 2.45) is 27.9 Å². The fraction of sp³-hybridized carbons (Fsp3) is 0.667. The first-order valence-corrected chi connectivity index (χ1v) is 16.9. The van der Waals surface area contributed by atoms with Gasteiger partial charge in [0.1, 0.15) is 30.2 Å². The van der Waals surface area contributed by atoms with Gasteiger partial charge in [0.25, 0.3) is 5.97 Å². The number of aliphatic hydroxyl groups is 1. The van der Waals surface area contributed by atoms with Crippen LogP contribution in [0.5, 0.6) is 0 Å². The van der Waals surface area contributed by atoms with Crippen LogP contribution < -0.4 is 49.5 Å². The quantitative estimate of drug-likeness (QED) is 0.0261. The highest BCUT2D eigenvalue weighted by molar-refractivity contribution is 5.97. The van der Waals surface area contributed by atoms with Gasteiger partial charge in [-0.3, -0.25) is 43.3 Å². The Balaban J connectivity index is 0.00000666. The van der Waals surface area contributed by atoms with Crippen molar-refractivity contribution in [2.75, 3.05) is 39.3 Å². The third-order valence-corrected chi connectivity index (χ3v) is 7.43. The summed E-state index contributed by atoms with van der Waals surface area (Å²) in [5, 5.41) is 47.6. The highest BCUT2D eigenvalue weighted by atomic mass is 16.4. The molecule has 1 fully saturated rings. The maximum Gasteiger partial charge on any atom is 0.326 e. The van der Waals surface area contributed by atoms with Gasteiger partial charge in [-0.15, -0.1) is 0 Å². The fourth-order valence-electron chi connectivity index (χ4n) is 4.92. The van der Waals surface area contributed by atoms with Crippen molar-refractivity contribution in [3.05, 3.63) is 0 Å². The predicted molar refractivity (Wildman–Crippen MR) is 188 cm³/mol. The maximum atomic E-state index is 13.3. The number of hydrogen-bond donors (Lipinski definition) is 13. The first-order chi connectivity index (χ1) is 25.4. The van der Waals surface area contributed by atoms with E-state index in [1.807, 2.05) is 0 Å². The van der Waals surface area contributed by atoms with Gasteiger partial charge in [0.05, 0.1) is 26.1 Å². The van der Waals surface area contributed by atoms with E-state index >= 15 is 0 Å². The number of carbonyl (C=O) groups excluding carboxylic acids is 6. The molecule has 0 unspecified atom stereocenters. The van der Waals surface area contributed by atoms with Crippen LogP contribution in [-0.2, 0) is 43.2 Å². The molecule has 24 heteroatoms. The van der Waals surface area contributed by atoms with Crippen LogP contribution in [0.3, 0.4) is 0 Å². The zero-order valence-electron chi connectivity index (χ0n) is 30.0. The van der Waals surface area contributed by atoms with Crippen molar-refractivity contribution in [3.8, 4) is 0 Å². The monoisotopic (exact) mass is 775 g/mol. The molecule has 1 aliphatic heterocycles. The smallest absolute Gasteiger partial charge is 0.326 e. The fourth-order valence-corrected chi connectivity index (χ4v) is 4.92. The molecular weight excluding hydrogens is 722 g/mol. The Labute approximate surface area is 310 Å². The molecule has 0 saturated carbocycles. The number of amides is 6. The SMILES string of the molecule is CC(=O)O.NCCCC[C@H](NC(=O)[C@@H]1CCCN1C(=O)[C@H](CO)NC(=O)[C@H](CC(=O)O)NC(=O)CNC(=O)[C@H](CCCN=C(N)N)NC(=O)CN)C(=O)O. The van der Waals surface area contributed by atoms with E-state index in [-0.39, 0.29) is 44.7 Å². The van der Waals surface area contributed by atoms with Gasteiger partial charge in [-0.25, -0.2) is 4.79 Å². The number of hydrogen-bond acceptors (Lipinski definition) is 13. The predicted octanol–water partition coefficient (Wildman–Crippen LogP) is -6.18. The highest BCUT2D eigenvalue weighted by Crippen LogP contribution is 2.19. The Bertz CT molecular complexity index is 1340. The summed E-state index contributed by atoms with van der Waals surface area (Å²) in [5.41, 5.74) is 21.3. The lowest BCUT2D eigenvalue weighted by atomic mass is 10.1. The van der Waals surface area contributed by atoms with Crippen molar-refractivity contribution < 1.29 is 63.6 Å². The molecule has 5 atom stereocenters. The summed E-state index contributed by atoms with van der Waals surface area (Å²) >= 11 is 0. The summed E-state index contributed by atoms with van der Waals surface area (Å²) in [6.07, 6.45) is 1.00.